The lowest BCUT2D eigenvalue weighted by atomic mass is 10.2. The van der Waals surface area contributed by atoms with Crippen LogP contribution in [0, 0.1) is 0 Å². The molecule has 1 aromatic carbocycles. The molecule has 0 bridgehead atoms. The van der Waals surface area contributed by atoms with Crippen LogP contribution in [-0.4, -0.2) is 55.6 Å². The molecule has 1 aliphatic heterocycles. The zero-order chi connectivity index (χ0) is 18.4. The Balaban J connectivity index is 1.42. The van der Waals surface area contributed by atoms with Gasteiger partial charge in [-0.05, 0) is 30.3 Å². The summed E-state index contributed by atoms with van der Waals surface area (Å²) in [6.07, 6.45) is 2.27. The molecule has 7 heteroatoms. The predicted molar refractivity (Wildman–Crippen MR) is 104 cm³/mol. The van der Waals surface area contributed by atoms with Crippen molar-refractivity contribution >= 4 is 23.1 Å². The van der Waals surface area contributed by atoms with Crippen LogP contribution in [0.3, 0.4) is 0 Å². The Hall–Kier alpha value is -2.80. The number of carbonyl (C=O) groups is 1. The lowest BCUT2D eigenvalue weighted by Gasteiger charge is -2.35. The maximum absolute atomic E-state index is 12.2. The van der Waals surface area contributed by atoms with Gasteiger partial charge in [0.2, 0.25) is 5.91 Å². The molecule has 1 aromatic heterocycles. The van der Waals surface area contributed by atoms with Crippen LogP contribution in [0.15, 0.2) is 42.6 Å². The maximum Gasteiger partial charge on any atom is 0.225 e. The van der Waals surface area contributed by atoms with Gasteiger partial charge in [0, 0.05) is 51.0 Å². The van der Waals surface area contributed by atoms with E-state index in [0.717, 1.165) is 38.5 Å². The molecule has 7 nitrogen and oxygen atoms in total. The molecule has 138 valence electrons. The highest BCUT2D eigenvalue weighted by molar-refractivity contribution is 5.91. The van der Waals surface area contributed by atoms with Crippen molar-refractivity contribution < 1.29 is 9.53 Å². The van der Waals surface area contributed by atoms with Crippen molar-refractivity contribution in [3.05, 3.63) is 42.6 Å². The molecule has 1 amide bonds. The molecule has 0 saturated carbocycles. The Morgan fingerprint density at radius 3 is 2.69 bits per heavy atom. The Kier molecular flexibility index (Phi) is 5.91. The van der Waals surface area contributed by atoms with Crippen LogP contribution in [0.25, 0.3) is 0 Å². The van der Waals surface area contributed by atoms with Crippen molar-refractivity contribution in [3.63, 3.8) is 0 Å². The van der Waals surface area contributed by atoms with Gasteiger partial charge in [-0.2, -0.15) is 0 Å². The summed E-state index contributed by atoms with van der Waals surface area (Å²) < 4.78 is 5.12. The molecule has 1 saturated heterocycles. The third kappa shape index (κ3) is 4.64. The molecule has 1 fully saturated rings. The molecule has 0 atom stereocenters. The number of piperazine rings is 1. The van der Waals surface area contributed by atoms with Gasteiger partial charge in [0.1, 0.15) is 11.6 Å². The fourth-order valence-electron chi connectivity index (χ4n) is 3.04. The molecule has 0 spiro atoms. The number of hydrogen-bond acceptors (Lipinski definition) is 6. The predicted octanol–water partition coefficient (Wildman–Crippen LogP) is 1.82. The van der Waals surface area contributed by atoms with Crippen molar-refractivity contribution in [1.29, 1.82) is 0 Å². The van der Waals surface area contributed by atoms with Crippen molar-refractivity contribution in [2.75, 3.05) is 55.8 Å². The number of nitrogen functional groups attached to an aromatic ring is 1. The number of nitrogens with two attached hydrogens (primary N) is 1. The Labute approximate surface area is 153 Å². The molecule has 0 radical (unpaired) electrons. The average molecular weight is 355 g/mol. The van der Waals surface area contributed by atoms with Gasteiger partial charge in [0.05, 0.1) is 12.8 Å². The summed E-state index contributed by atoms with van der Waals surface area (Å²) in [5.74, 6) is 1.61. The highest BCUT2D eigenvalue weighted by atomic mass is 16.5. The number of nitrogens with zero attached hydrogens (tertiary/aromatic N) is 3. The number of ether oxygens (including phenoxy) is 1. The topological polar surface area (TPSA) is 83.7 Å². The molecule has 2 heterocycles. The van der Waals surface area contributed by atoms with Crippen LogP contribution >= 0.6 is 0 Å². The Bertz CT molecular complexity index is 730. The van der Waals surface area contributed by atoms with Crippen LogP contribution in [0.2, 0.25) is 0 Å². The molecule has 3 N–H and O–H groups in total. The van der Waals surface area contributed by atoms with E-state index in [-0.39, 0.29) is 5.91 Å². The monoisotopic (exact) mass is 355 g/mol. The number of anilines is 3. The maximum atomic E-state index is 12.2. The summed E-state index contributed by atoms with van der Waals surface area (Å²) in [5.41, 5.74) is 7.06. The zero-order valence-electron chi connectivity index (χ0n) is 15.0. The minimum atomic E-state index is -0.0123. The summed E-state index contributed by atoms with van der Waals surface area (Å²) in [7, 11) is 1.57. The smallest absolute Gasteiger partial charge is 0.225 e. The number of methoxy groups -OCH3 is 1. The van der Waals surface area contributed by atoms with Crippen molar-refractivity contribution in [2.45, 2.75) is 6.42 Å². The summed E-state index contributed by atoms with van der Waals surface area (Å²) >= 11 is 0. The first kappa shape index (κ1) is 18.0. The van der Waals surface area contributed by atoms with E-state index in [1.165, 1.54) is 0 Å². The largest absolute Gasteiger partial charge is 0.495 e. The van der Waals surface area contributed by atoms with Gasteiger partial charge < -0.3 is 20.7 Å². The fourth-order valence-corrected chi connectivity index (χ4v) is 3.04. The number of aromatic nitrogens is 1. The number of carbonyl (C=O) groups excluding carboxylic acids is 1. The first-order chi connectivity index (χ1) is 12.7. The number of rotatable bonds is 6. The lowest BCUT2D eigenvalue weighted by Crippen LogP contribution is -2.47. The zero-order valence-corrected chi connectivity index (χ0v) is 15.0. The molecule has 2 aromatic rings. The minimum absolute atomic E-state index is 0.0123. The molecule has 0 unspecified atom stereocenters. The third-order valence-electron chi connectivity index (χ3n) is 4.51. The number of amides is 1. The van der Waals surface area contributed by atoms with Gasteiger partial charge in [-0.1, -0.05) is 6.07 Å². The lowest BCUT2D eigenvalue weighted by molar-refractivity contribution is -0.116. The van der Waals surface area contributed by atoms with Crippen molar-refractivity contribution in [3.8, 4) is 5.75 Å². The van der Waals surface area contributed by atoms with E-state index in [1.807, 2.05) is 24.4 Å². The van der Waals surface area contributed by atoms with Crippen LogP contribution in [0.1, 0.15) is 6.42 Å². The van der Waals surface area contributed by atoms with E-state index in [4.69, 9.17) is 10.5 Å². The quantitative estimate of drug-likeness (QED) is 0.769. The number of pyridine rings is 1. The standard InChI is InChI=1S/C19H25N5O2/c1-26-17-6-5-15(14-16(17)20)22-19(25)7-9-23-10-12-24(13-11-23)18-4-2-3-8-21-18/h2-6,8,14H,7,9-13,20H2,1H3,(H,22,25). The van der Waals surface area contributed by atoms with Crippen molar-refractivity contribution in [1.82, 2.24) is 9.88 Å². The van der Waals surface area contributed by atoms with Gasteiger partial charge in [-0.25, -0.2) is 4.98 Å². The van der Waals surface area contributed by atoms with Gasteiger partial charge in [-0.15, -0.1) is 0 Å². The Morgan fingerprint density at radius 1 is 1.23 bits per heavy atom. The van der Waals surface area contributed by atoms with E-state index in [0.29, 0.717) is 23.5 Å². The highest BCUT2D eigenvalue weighted by Crippen LogP contribution is 2.24. The van der Waals surface area contributed by atoms with Gasteiger partial charge in [-0.3, -0.25) is 9.69 Å². The second kappa shape index (κ2) is 8.53. The van der Waals surface area contributed by atoms with Gasteiger partial charge in [0.15, 0.2) is 0 Å². The first-order valence-corrected chi connectivity index (χ1v) is 8.77. The number of nitrogens with one attached hydrogen (secondary N) is 1. The van der Waals surface area contributed by atoms with Gasteiger partial charge >= 0.3 is 0 Å². The molecule has 1 aliphatic rings. The summed E-state index contributed by atoms with van der Waals surface area (Å²) in [6.45, 7) is 4.45. The SMILES string of the molecule is COc1ccc(NC(=O)CCN2CCN(c3ccccn3)CC2)cc1N. The van der Waals surface area contributed by atoms with Crippen LogP contribution in [-0.2, 0) is 4.79 Å². The molecular formula is C19H25N5O2. The van der Waals surface area contributed by atoms with E-state index in [1.54, 1.807) is 25.3 Å². The third-order valence-corrected chi connectivity index (χ3v) is 4.51. The normalized spacial score (nSPS) is 14.9. The molecule has 3 rings (SSSR count). The Morgan fingerprint density at radius 2 is 2.04 bits per heavy atom. The number of benzene rings is 1. The fraction of sp³-hybridized carbons (Fsp3) is 0.368. The van der Waals surface area contributed by atoms with Crippen LogP contribution in [0.5, 0.6) is 5.75 Å². The van der Waals surface area contributed by atoms with E-state index >= 15 is 0 Å². The summed E-state index contributed by atoms with van der Waals surface area (Å²) in [5, 5.41) is 2.89. The second-order valence-corrected chi connectivity index (χ2v) is 6.27. The summed E-state index contributed by atoms with van der Waals surface area (Å²) in [6, 6.07) is 11.2. The minimum Gasteiger partial charge on any atom is -0.495 e. The van der Waals surface area contributed by atoms with Crippen molar-refractivity contribution in [2.24, 2.45) is 0 Å². The van der Waals surface area contributed by atoms with E-state index < -0.39 is 0 Å². The molecular weight excluding hydrogens is 330 g/mol. The highest BCUT2D eigenvalue weighted by Gasteiger charge is 2.18. The van der Waals surface area contributed by atoms with E-state index in [2.05, 4.69) is 20.1 Å². The number of hydrogen-bond donors (Lipinski definition) is 2. The molecule has 0 aliphatic carbocycles. The molecule has 26 heavy (non-hydrogen) atoms. The average Bonchev–Trinajstić information content (AvgIpc) is 2.68. The first-order valence-electron chi connectivity index (χ1n) is 8.77. The van der Waals surface area contributed by atoms with Crippen LogP contribution in [0.4, 0.5) is 17.2 Å². The van der Waals surface area contributed by atoms with Gasteiger partial charge in [0.25, 0.3) is 0 Å². The van der Waals surface area contributed by atoms with E-state index in [9.17, 15) is 4.79 Å². The van der Waals surface area contributed by atoms with Crippen LogP contribution < -0.4 is 20.7 Å². The second-order valence-electron chi connectivity index (χ2n) is 6.27. The summed E-state index contributed by atoms with van der Waals surface area (Å²) in [4.78, 5) is 21.1.